The van der Waals surface area contributed by atoms with Crippen molar-refractivity contribution in [1.82, 2.24) is 14.7 Å². The number of benzene rings is 1. The van der Waals surface area contributed by atoms with Crippen LogP contribution in [0, 0.1) is 0 Å². The molecule has 1 unspecified atom stereocenters. The van der Waals surface area contributed by atoms with Gasteiger partial charge in [-0.2, -0.15) is 0 Å². The standard InChI is InChI=1S/C21H24N4O2/c1-15-14-27-12-11-25(15)18-8-6-17(7-9-18)16(2)22-21(26)19-13-24-10-4-3-5-20(24)23-19/h3-10,13,15-16H,11-12,14H2,1-2H3,(H,22,26)/t15-,16?/m1/s1. The molecule has 6 nitrogen and oxygen atoms in total. The van der Waals surface area contributed by atoms with Crippen LogP contribution >= 0.6 is 0 Å². The minimum absolute atomic E-state index is 0.0986. The van der Waals surface area contributed by atoms with Gasteiger partial charge in [0.15, 0.2) is 0 Å². The molecule has 3 aromatic rings. The summed E-state index contributed by atoms with van der Waals surface area (Å²) in [6.07, 6.45) is 3.63. The van der Waals surface area contributed by atoms with Crippen molar-refractivity contribution >= 4 is 17.2 Å². The van der Waals surface area contributed by atoms with Gasteiger partial charge in [-0.05, 0) is 43.7 Å². The summed E-state index contributed by atoms with van der Waals surface area (Å²) in [5, 5.41) is 3.03. The summed E-state index contributed by atoms with van der Waals surface area (Å²) in [4.78, 5) is 19.3. The molecule has 2 aromatic heterocycles. The van der Waals surface area contributed by atoms with E-state index in [2.05, 4.69) is 46.4 Å². The summed E-state index contributed by atoms with van der Waals surface area (Å²) in [5.41, 5.74) is 3.44. The molecule has 1 aliphatic rings. The number of ether oxygens (including phenoxy) is 1. The van der Waals surface area contributed by atoms with E-state index in [4.69, 9.17) is 4.74 Å². The van der Waals surface area contributed by atoms with Crippen molar-refractivity contribution in [3.8, 4) is 0 Å². The van der Waals surface area contributed by atoms with Crippen molar-refractivity contribution < 1.29 is 9.53 Å². The first kappa shape index (κ1) is 17.5. The molecular weight excluding hydrogens is 340 g/mol. The zero-order chi connectivity index (χ0) is 18.8. The number of anilines is 1. The van der Waals surface area contributed by atoms with E-state index in [-0.39, 0.29) is 11.9 Å². The lowest BCUT2D eigenvalue weighted by atomic mass is 10.1. The van der Waals surface area contributed by atoms with Gasteiger partial charge in [0.05, 0.1) is 19.3 Å². The molecule has 3 heterocycles. The van der Waals surface area contributed by atoms with Gasteiger partial charge in [0, 0.05) is 30.7 Å². The van der Waals surface area contributed by atoms with E-state index in [0.29, 0.717) is 11.7 Å². The van der Waals surface area contributed by atoms with Crippen LogP contribution in [-0.2, 0) is 4.74 Å². The number of carbonyl (C=O) groups is 1. The lowest BCUT2D eigenvalue weighted by molar-refractivity contribution is 0.0935. The molecule has 1 fully saturated rings. The van der Waals surface area contributed by atoms with Gasteiger partial charge >= 0.3 is 0 Å². The molecule has 0 aliphatic carbocycles. The molecule has 140 valence electrons. The van der Waals surface area contributed by atoms with Crippen molar-refractivity contribution in [2.24, 2.45) is 0 Å². The molecule has 0 bridgehead atoms. The van der Waals surface area contributed by atoms with Crippen LogP contribution in [0.2, 0.25) is 0 Å². The minimum atomic E-state index is -0.169. The van der Waals surface area contributed by atoms with Crippen LogP contribution in [0.4, 0.5) is 5.69 Å². The first-order chi connectivity index (χ1) is 13.1. The van der Waals surface area contributed by atoms with Crippen LogP contribution in [0.15, 0.2) is 54.9 Å². The maximum atomic E-state index is 12.5. The highest BCUT2D eigenvalue weighted by atomic mass is 16.5. The Balaban J connectivity index is 1.44. The molecule has 2 atom stereocenters. The second-order valence-corrected chi connectivity index (χ2v) is 7.00. The Kier molecular flexibility index (Phi) is 4.81. The predicted octanol–water partition coefficient (Wildman–Crippen LogP) is 3.05. The Hall–Kier alpha value is -2.86. The molecule has 0 saturated carbocycles. The van der Waals surface area contributed by atoms with Gasteiger partial charge in [0.25, 0.3) is 5.91 Å². The monoisotopic (exact) mass is 364 g/mol. The molecule has 1 aliphatic heterocycles. The number of morpholine rings is 1. The number of nitrogens with zero attached hydrogens (tertiary/aromatic N) is 3. The minimum Gasteiger partial charge on any atom is -0.377 e. The quantitative estimate of drug-likeness (QED) is 0.773. The summed E-state index contributed by atoms with van der Waals surface area (Å²) in [7, 11) is 0. The van der Waals surface area contributed by atoms with Crippen LogP contribution in [0.25, 0.3) is 5.65 Å². The molecular formula is C21H24N4O2. The number of aromatic nitrogens is 2. The highest BCUT2D eigenvalue weighted by Crippen LogP contribution is 2.22. The number of fused-ring (bicyclic) bond motifs is 1. The Morgan fingerprint density at radius 1 is 1.26 bits per heavy atom. The Labute approximate surface area is 158 Å². The summed E-state index contributed by atoms with van der Waals surface area (Å²) >= 11 is 0. The van der Waals surface area contributed by atoms with E-state index in [1.807, 2.05) is 35.7 Å². The number of pyridine rings is 1. The summed E-state index contributed by atoms with van der Waals surface area (Å²) in [6.45, 7) is 6.58. The number of rotatable bonds is 4. The van der Waals surface area contributed by atoms with Crippen molar-refractivity contribution in [3.05, 3.63) is 66.1 Å². The Morgan fingerprint density at radius 3 is 2.81 bits per heavy atom. The predicted molar refractivity (Wildman–Crippen MR) is 105 cm³/mol. The SMILES string of the molecule is CC(NC(=O)c1cn2ccccc2n1)c1ccc(N2CCOC[C@H]2C)cc1. The topological polar surface area (TPSA) is 58.9 Å². The second-order valence-electron chi connectivity index (χ2n) is 7.00. The van der Waals surface area contributed by atoms with Crippen molar-refractivity contribution in [2.45, 2.75) is 25.9 Å². The highest BCUT2D eigenvalue weighted by Gasteiger charge is 2.19. The second kappa shape index (κ2) is 7.40. The van der Waals surface area contributed by atoms with Crippen molar-refractivity contribution in [1.29, 1.82) is 0 Å². The maximum absolute atomic E-state index is 12.5. The van der Waals surface area contributed by atoms with Crippen LogP contribution < -0.4 is 10.2 Å². The molecule has 0 spiro atoms. The molecule has 1 aromatic carbocycles. The molecule has 6 heteroatoms. The highest BCUT2D eigenvalue weighted by molar-refractivity contribution is 5.93. The van der Waals surface area contributed by atoms with Crippen LogP contribution in [-0.4, -0.2) is 41.1 Å². The third-order valence-electron chi connectivity index (χ3n) is 5.04. The molecule has 4 rings (SSSR count). The summed E-state index contributed by atoms with van der Waals surface area (Å²) in [6, 6.07) is 14.4. The van der Waals surface area contributed by atoms with Gasteiger partial charge in [-0.15, -0.1) is 0 Å². The first-order valence-corrected chi connectivity index (χ1v) is 9.31. The van der Waals surface area contributed by atoms with Gasteiger partial charge in [0.2, 0.25) is 0 Å². The van der Waals surface area contributed by atoms with Crippen LogP contribution in [0.5, 0.6) is 0 Å². The van der Waals surface area contributed by atoms with Crippen molar-refractivity contribution in [3.63, 3.8) is 0 Å². The summed E-state index contributed by atoms with van der Waals surface area (Å²) < 4.78 is 7.35. The van der Waals surface area contributed by atoms with E-state index < -0.39 is 0 Å². The van der Waals surface area contributed by atoms with Gasteiger partial charge < -0.3 is 19.4 Å². The average Bonchev–Trinajstić information content (AvgIpc) is 3.13. The number of carbonyl (C=O) groups excluding carboxylic acids is 1. The zero-order valence-corrected chi connectivity index (χ0v) is 15.6. The maximum Gasteiger partial charge on any atom is 0.271 e. The number of nitrogens with one attached hydrogen (secondary N) is 1. The Bertz CT molecular complexity index is 902. The number of imidazole rings is 1. The van der Waals surface area contributed by atoms with Crippen LogP contribution in [0.3, 0.4) is 0 Å². The van der Waals surface area contributed by atoms with Gasteiger partial charge in [-0.25, -0.2) is 4.98 Å². The lowest BCUT2D eigenvalue weighted by Gasteiger charge is -2.35. The molecule has 1 amide bonds. The number of amides is 1. The lowest BCUT2D eigenvalue weighted by Crippen LogP contribution is -2.43. The molecule has 0 radical (unpaired) electrons. The normalized spacial score (nSPS) is 18.4. The zero-order valence-electron chi connectivity index (χ0n) is 15.6. The summed E-state index contributed by atoms with van der Waals surface area (Å²) in [5.74, 6) is -0.169. The third kappa shape index (κ3) is 3.66. The van der Waals surface area contributed by atoms with E-state index in [1.165, 1.54) is 5.69 Å². The van der Waals surface area contributed by atoms with E-state index >= 15 is 0 Å². The van der Waals surface area contributed by atoms with Crippen molar-refractivity contribution in [2.75, 3.05) is 24.7 Å². The van der Waals surface area contributed by atoms with Gasteiger partial charge in [0.1, 0.15) is 11.3 Å². The smallest absolute Gasteiger partial charge is 0.271 e. The van der Waals surface area contributed by atoms with E-state index in [9.17, 15) is 4.79 Å². The van der Waals surface area contributed by atoms with Crippen LogP contribution in [0.1, 0.15) is 35.9 Å². The molecule has 1 N–H and O–H groups in total. The molecule has 1 saturated heterocycles. The number of hydrogen-bond acceptors (Lipinski definition) is 4. The average molecular weight is 364 g/mol. The fraction of sp³-hybridized carbons (Fsp3) is 0.333. The van der Waals surface area contributed by atoms with Gasteiger partial charge in [-0.1, -0.05) is 18.2 Å². The largest absolute Gasteiger partial charge is 0.377 e. The fourth-order valence-electron chi connectivity index (χ4n) is 3.46. The first-order valence-electron chi connectivity index (χ1n) is 9.31. The molecule has 27 heavy (non-hydrogen) atoms. The fourth-order valence-corrected chi connectivity index (χ4v) is 3.46. The van der Waals surface area contributed by atoms with Gasteiger partial charge in [-0.3, -0.25) is 4.79 Å². The van der Waals surface area contributed by atoms with E-state index in [0.717, 1.165) is 31.0 Å². The third-order valence-corrected chi connectivity index (χ3v) is 5.04. The Morgan fingerprint density at radius 2 is 2.07 bits per heavy atom. The number of hydrogen-bond donors (Lipinski definition) is 1. The van der Waals surface area contributed by atoms with E-state index in [1.54, 1.807) is 6.20 Å².